The molecule has 2 aromatic heterocycles. The van der Waals surface area contributed by atoms with Gasteiger partial charge in [0.15, 0.2) is 5.96 Å². The van der Waals surface area contributed by atoms with Crippen LogP contribution in [0.2, 0.25) is 0 Å². The summed E-state index contributed by atoms with van der Waals surface area (Å²) in [5.74, 6) is -16.9. The molecular weight excluding hydrogens is 1490 g/mol. The molecule has 0 fully saturated rings. The minimum Gasteiger partial charge on any atom is -0.370 e. The number of hydrogen-bond acceptors (Lipinski definition) is 19. The van der Waals surface area contributed by atoms with Crippen molar-refractivity contribution in [3.63, 3.8) is 0 Å². The topological polar surface area (TPSA) is 667 Å². The Labute approximate surface area is 653 Å². The average Bonchev–Trinajstić information content (AvgIpc) is 1.70. The highest BCUT2D eigenvalue weighted by Gasteiger charge is 2.39. The number of nitrogens with one attached hydrogen (secondary N) is 14. The normalized spacial score (nSPS) is 14.6. The Hall–Kier alpha value is -11.1. The molecule has 15 amide bonds. The summed E-state index contributed by atoms with van der Waals surface area (Å²) in [5.41, 5.74) is 35.5. The summed E-state index contributed by atoms with van der Waals surface area (Å²) in [6.07, 6.45) is 2.41. The highest BCUT2D eigenvalue weighted by molar-refractivity contribution is 7.46. The van der Waals surface area contributed by atoms with E-state index in [0.717, 1.165) is 17.8 Å². The Bertz CT molecular complexity index is 4060. The van der Waals surface area contributed by atoms with Gasteiger partial charge in [-0.05, 0) is 98.4 Å². The number of H-pyrrole nitrogens is 2. The van der Waals surface area contributed by atoms with Gasteiger partial charge in [-0.1, -0.05) is 98.2 Å². The lowest BCUT2D eigenvalue weighted by molar-refractivity contribution is -0.137. The summed E-state index contributed by atoms with van der Waals surface area (Å²) in [4.78, 5) is 235. The first-order valence-corrected chi connectivity index (χ1v) is 38.7. The molecule has 40 nitrogen and oxygen atoms in total. The number of fused-ring (bicyclic) bond motifs is 2. The number of nitrogens with two attached hydrogens (primary N) is 6. The van der Waals surface area contributed by atoms with Gasteiger partial charge >= 0.3 is 7.82 Å². The number of benzene rings is 2. The van der Waals surface area contributed by atoms with Crippen LogP contribution in [0.25, 0.3) is 21.8 Å². The van der Waals surface area contributed by atoms with E-state index in [-0.39, 0.29) is 82.8 Å². The van der Waals surface area contributed by atoms with Crippen molar-refractivity contribution in [2.24, 2.45) is 63.1 Å². The quantitative estimate of drug-likeness (QED) is 0.00873. The summed E-state index contributed by atoms with van der Waals surface area (Å²) in [5, 5.41) is 31.7. The number of unbranched alkanes of at least 4 members (excludes halogenated alkanes) is 1. The van der Waals surface area contributed by atoms with E-state index < -0.39 is 200 Å². The third-order valence-electron chi connectivity index (χ3n) is 18.2. The van der Waals surface area contributed by atoms with Crippen molar-refractivity contribution < 1.29 is 90.8 Å². The predicted molar refractivity (Wildman–Crippen MR) is 415 cm³/mol. The molecule has 41 heteroatoms. The molecule has 28 N–H and O–H groups in total. The fraction of sp³-hybridized carbons (Fsp3) is 0.556. The molecule has 0 aliphatic heterocycles. The Kier molecular flexibility index (Phi) is 38.4. The van der Waals surface area contributed by atoms with Gasteiger partial charge in [-0.15, -0.1) is 0 Å². The third kappa shape index (κ3) is 32.3. The number of amides is 15. The molecule has 0 unspecified atom stereocenters. The Morgan fingerprint density at radius 1 is 0.496 bits per heavy atom. The lowest BCUT2D eigenvalue weighted by Gasteiger charge is -2.30. The van der Waals surface area contributed by atoms with Crippen LogP contribution in [0.1, 0.15) is 138 Å². The number of para-hydroxylation sites is 2. The molecule has 2 aromatic carbocycles. The molecule has 0 aliphatic carbocycles. The number of aromatic nitrogens is 2. The van der Waals surface area contributed by atoms with Crippen LogP contribution in [0.3, 0.4) is 0 Å². The smallest absolute Gasteiger partial charge is 0.370 e. The van der Waals surface area contributed by atoms with E-state index in [1.165, 1.54) is 27.7 Å². The average molecular weight is 1610 g/mol. The number of carbonyl (C=O) groups is 15. The summed E-state index contributed by atoms with van der Waals surface area (Å²) >= 11 is 0. The third-order valence-corrected chi connectivity index (χ3v) is 18.7. The maximum atomic E-state index is 14.8. The fourth-order valence-electron chi connectivity index (χ4n) is 11.9. The molecular formula is C72H112N21O19P. The fourth-order valence-corrected chi connectivity index (χ4v) is 12.3. The van der Waals surface area contributed by atoms with E-state index >= 15 is 0 Å². The number of phosphoric ester groups is 1. The van der Waals surface area contributed by atoms with Crippen molar-refractivity contribution in [1.29, 1.82) is 0 Å². The lowest BCUT2D eigenvalue weighted by atomic mass is 9.95. The van der Waals surface area contributed by atoms with Gasteiger partial charge in [0, 0.05) is 66.9 Å². The van der Waals surface area contributed by atoms with Gasteiger partial charge in [0.1, 0.15) is 66.5 Å². The Morgan fingerprint density at radius 3 is 1.41 bits per heavy atom. The predicted octanol–water partition coefficient (Wildman–Crippen LogP) is -3.77. The molecule has 0 radical (unpaired) electrons. The van der Waals surface area contributed by atoms with Crippen LogP contribution in [-0.4, -0.2) is 207 Å². The van der Waals surface area contributed by atoms with Crippen molar-refractivity contribution in [2.45, 2.75) is 206 Å². The largest absolute Gasteiger partial charge is 0.469 e. The lowest BCUT2D eigenvalue weighted by Crippen LogP contribution is -2.62. The second-order valence-electron chi connectivity index (χ2n) is 28.6. The van der Waals surface area contributed by atoms with Gasteiger partial charge < -0.3 is 118 Å². The zero-order chi connectivity index (χ0) is 84.6. The Balaban J connectivity index is 1.56. The molecule has 624 valence electrons. The molecule has 0 saturated heterocycles. The summed E-state index contributed by atoms with van der Waals surface area (Å²) in [6.45, 7) is 12.3. The second kappa shape index (κ2) is 46.0. The molecule has 113 heavy (non-hydrogen) atoms. The van der Waals surface area contributed by atoms with Crippen molar-refractivity contribution in [1.82, 2.24) is 73.8 Å². The molecule has 0 aliphatic rings. The summed E-state index contributed by atoms with van der Waals surface area (Å²) in [6, 6.07) is -2.54. The minimum absolute atomic E-state index is 0.00195. The van der Waals surface area contributed by atoms with Crippen LogP contribution < -0.4 is 98.2 Å². The van der Waals surface area contributed by atoms with E-state index in [2.05, 4.69) is 83.3 Å². The van der Waals surface area contributed by atoms with E-state index in [0.29, 0.717) is 34.9 Å². The number of nitrogens with zero attached hydrogens (tertiary/aromatic N) is 1. The minimum atomic E-state index is -5.32. The Morgan fingerprint density at radius 2 is 0.938 bits per heavy atom. The van der Waals surface area contributed by atoms with Crippen LogP contribution in [0.5, 0.6) is 0 Å². The van der Waals surface area contributed by atoms with E-state index in [9.17, 15) is 86.3 Å². The van der Waals surface area contributed by atoms with Crippen molar-refractivity contribution in [2.75, 3.05) is 26.2 Å². The van der Waals surface area contributed by atoms with Crippen molar-refractivity contribution in [3.05, 3.63) is 72.1 Å². The number of guanidine groups is 1. The maximum Gasteiger partial charge on any atom is 0.469 e. The zero-order valence-electron chi connectivity index (χ0n) is 64.9. The van der Waals surface area contributed by atoms with Crippen LogP contribution in [0.4, 0.5) is 0 Å². The number of primary amides is 3. The molecule has 4 rings (SSSR count). The molecule has 0 bridgehead atoms. The van der Waals surface area contributed by atoms with Crippen molar-refractivity contribution >= 4 is 124 Å². The molecule has 2 heterocycles. The number of phosphoric acid groups is 1. The number of carbonyl (C=O) groups excluding carboxylic acids is 15. The van der Waals surface area contributed by atoms with Gasteiger partial charge in [0.2, 0.25) is 88.6 Å². The SMILES string of the molecule is CC[C@H](C)[C@H](NC(=O)[C@H](CC(C)C)NC(=O)[C@H](CCCCN)NC(=O)CNC(=O)[C@H](CC(N)=O)NC(=O)[C@@H](NC(=O)[C@H](Cc1c[nH]c2ccccc12)NC(=O)[C@@H](NC(=O)[C@H](COP(=O)(O)O)NC(=O)[C@H](CCCN=C(N)N)NC(C)=O)C(C)C)C(C)C)C(=O)N[C@@H](Cc1c[nH]c2ccccc12)C(=O)N[C@@H](CCC(N)=O)C(N)=O. The highest BCUT2D eigenvalue weighted by Crippen LogP contribution is 2.36. The van der Waals surface area contributed by atoms with Gasteiger partial charge in [-0.2, -0.15) is 0 Å². The first-order valence-electron chi connectivity index (χ1n) is 37.1. The first kappa shape index (κ1) is 94.3. The van der Waals surface area contributed by atoms with Gasteiger partial charge in [0.05, 0.1) is 19.6 Å². The van der Waals surface area contributed by atoms with Crippen LogP contribution in [-0.2, 0) is 93.8 Å². The molecule has 4 aromatic rings. The maximum absolute atomic E-state index is 14.8. The first-order chi connectivity index (χ1) is 53.1. The van der Waals surface area contributed by atoms with Gasteiger partial charge in [0.25, 0.3) is 0 Å². The zero-order valence-corrected chi connectivity index (χ0v) is 65.8. The standard InChI is InChI=1S/C72H112N21O19P/c1-10-39(8)60(71(108)88-51(29-41-32-80-45-20-13-11-18-43(41)45)65(102)85-47(61(76)98)24-25-55(74)95)93-66(103)50(28-36(2)3)86-64(101)49(22-15-16-26-73)84-57(97)34-82-62(99)53(31-56(75)96)89-70(107)58(37(4)5)91-67(104)52(30-42-33-81-46-21-14-12-19-44(42)46)87-69(106)59(38(6)7)92-68(105)54(35-112-113(109,110)111)90-63(100)48(83-40(9)94)23-17-27-79-72(77)78/h11-14,18-21,32-33,36-39,47-54,58-60,80-81H,10,15-17,22-31,34-35,73H2,1-9H3,(H2,74,95)(H2,75,96)(H2,76,98)(H,82,99)(H,83,94)(H,84,97)(H,85,102)(H,86,101)(H,87,106)(H,88,108)(H,89,107)(H,90,100)(H,91,104)(H,92,105)(H,93,103)(H4,77,78,79)(H2,109,110,111)/t39-,47-,48-,49-,50-,51-,52-,53-,54-,58-,59-,60-/m0/s1. The van der Waals surface area contributed by atoms with Crippen LogP contribution in [0, 0.1) is 23.7 Å². The van der Waals surface area contributed by atoms with Gasteiger partial charge in [-0.25, -0.2) is 4.57 Å². The van der Waals surface area contributed by atoms with E-state index in [1.807, 2.05) is 0 Å². The number of rotatable bonds is 50. The van der Waals surface area contributed by atoms with Crippen molar-refractivity contribution in [3.8, 4) is 0 Å². The second-order valence-corrected chi connectivity index (χ2v) is 29.9. The summed E-state index contributed by atoms with van der Waals surface area (Å²) in [7, 11) is -5.32. The number of hydrogen-bond donors (Lipinski definition) is 22. The van der Waals surface area contributed by atoms with E-state index in [1.54, 1.807) is 88.6 Å². The molecule has 0 saturated carbocycles. The van der Waals surface area contributed by atoms with E-state index in [4.69, 9.17) is 34.4 Å². The molecule has 12 atom stereocenters. The van der Waals surface area contributed by atoms with Crippen LogP contribution >= 0.6 is 7.82 Å². The summed E-state index contributed by atoms with van der Waals surface area (Å²) < 4.78 is 16.5. The molecule has 0 spiro atoms. The monoisotopic (exact) mass is 1610 g/mol. The number of aromatic amines is 2. The highest BCUT2D eigenvalue weighted by atomic mass is 31.2. The number of aliphatic imine (C=N–C) groups is 1. The van der Waals surface area contributed by atoms with Crippen LogP contribution in [0.15, 0.2) is 65.9 Å². The van der Waals surface area contributed by atoms with Gasteiger partial charge in [-0.3, -0.25) is 81.4 Å².